The van der Waals surface area contributed by atoms with Crippen molar-refractivity contribution in [2.24, 2.45) is 0 Å². The van der Waals surface area contributed by atoms with Crippen LogP contribution in [0.1, 0.15) is 6.92 Å². The van der Waals surface area contributed by atoms with E-state index in [-0.39, 0.29) is 5.78 Å². The number of anilines is 1. The van der Waals surface area contributed by atoms with Crippen LogP contribution in [0.5, 0.6) is 0 Å². The first-order chi connectivity index (χ1) is 5.68. The summed E-state index contributed by atoms with van der Waals surface area (Å²) < 4.78 is 0. The van der Waals surface area contributed by atoms with Crippen molar-refractivity contribution in [3.8, 4) is 0 Å². The molecule has 0 spiro atoms. The van der Waals surface area contributed by atoms with Crippen molar-refractivity contribution >= 4 is 23.2 Å². The van der Waals surface area contributed by atoms with Crippen molar-refractivity contribution in [1.29, 1.82) is 0 Å². The molecule has 0 fully saturated rings. The van der Waals surface area contributed by atoms with Crippen molar-refractivity contribution in [1.82, 2.24) is 0 Å². The third-order valence-electron chi connectivity index (χ3n) is 1.30. The molecule has 3 heteroatoms. The van der Waals surface area contributed by atoms with Gasteiger partial charge in [0.15, 0.2) is 0 Å². The lowest BCUT2D eigenvalue weighted by Crippen LogP contribution is -1.93. The van der Waals surface area contributed by atoms with E-state index in [1.807, 2.05) is 24.3 Å². The van der Waals surface area contributed by atoms with Crippen LogP contribution in [0.15, 0.2) is 29.2 Å². The van der Waals surface area contributed by atoms with E-state index in [0.29, 0.717) is 5.75 Å². The number of nitrogen functional groups attached to an aromatic ring is 1. The van der Waals surface area contributed by atoms with Gasteiger partial charge in [-0.3, -0.25) is 4.79 Å². The van der Waals surface area contributed by atoms with E-state index in [4.69, 9.17) is 5.73 Å². The average Bonchev–Trinajstić information content (AvgIpc) is 2.01. The second kappa shape index (κ2) is 4.16. The molecule has 0 amide bonds. The van der Waals surface area contributed by atoms with Gasteiger partial charge in [0, 0.05) is 10.6 Å². The summed E-state index contributed by atoms with van der Waals surface area (Å²) in [6.07, 6.45) is 0. The monoisotopic (exact) mass is 181 g/mol. The molecule has 0 aliphatic heterocycles. The zero-order valence-corrected chi connectivity index (χ0v) is 7.73. The van der Waals surface area contributed by atoms with E-state index in [2.05, 4.69) is 0 Å². The van der Waals surface area contributed by atoms with E-state index in [1.165, 1.54) is 11.8 Å². The number of carbonyl (C=O) groups is 1. The first-order valence-corrected chi connectivity index (χ1v) is 4.65. The number of carbonyl (C=O) groups excluding carboxylic acids is 1. The van der Waals surface area contributed by atoms with Crippen LogP contribution < -0.4 is 5.73 Å². The van der Waals surface area contributed by atoms with Crippen LogP contribution in [-0.2, 0) is 4.79 Å². The second-order valence-corrected chi connectivity index (χ2v) is 3.61. The third-order valence-corrected chi connectivity index (χ3v) is 2.44. The number of rotatable bonds is 3. The highest BCUT2D eigenvalue weighted by molar-refractivity contribution is 8.00. The van der Waals surface area contributed by atoms with Gasteiger partial charge in [-0.1, -0.05) is 6.07 Å². The number of nitrogens with two attached hydrogens (primary N) is 1. The molecule has 0 aromatic heterocycles. The van der Waals surface area contributed by atoms with Crippen molar-refractivity contribution in [3.05, 3.63) is 24.3 Å². The molecule has 0 atom stereocenters. The second-order valence-electron chi connectivity index (χ2n) is 2.56. The first-order valence-electron chi connectivity index (χ1n) is 3.66. The fourth-order valence-corrected chi connectivity index (χ4v) is 1.55. The maximum atomic E-state index is 10.6. The Balaban J connectivity index is 2.57. The molecule has 0 unspecified atom stereocenters. The molecule has 64 valence electrons. The number of hydrogen-bond acceptors (Lipinski definition) is 3. The van der Waals surface area contributed by atoms with Crippen molar-refractivity contribution in [3.63, 3.8) is 0 Å². The SMILES string of the molecule is CC(=O)CSc1cccc(N)c1. The van der Waals surface area contributed by atoms with Gasteiger partial charge in [-0.2, -0.15) is 0 Å². The summed E-state index contributed by atoms with van der Waals surface area (Å²) in [5.41, 5.74) is 6.31. The molecule has 1 aromatic carbocycles. The van der Waals surface area contributed by atoms with Crippen LogP contribution in [0.4, 0.5) is 5.69 Å². The molecule has 0 aliphatic rings. The number of thioether (sulfide) groups is 1. The van der Waals surface area contributed by atoms with Crippen molar-refractivity contribution < 1.29 is 4.79 Å². The molecular weight excluding hydrogens is 170 g/mol. The summed E-state index contributed by atoms with van der Waals surface area (Å²) in [7, 11) is 0. The van der Waals surface area contributed by atoms with Gasteiger partial charge in [0.05, 0.1) is 5.75 Å². The van der Waals surface area contributed by atoms with Crippen LogP contribution in [0.25, 0.3) is 0 Å². The normalized spacial score (nSPS) is 9.75. The quantitative estimate of drug-likeness (QED) is 0.572. The Kier molecular flexibility index (Phi) is 3.17. The van der Waals surface area contributed by atoms with Crippen LogP contribution in [0.3, 0.4) is 0 Å². The van der Waals surface area contributed by atoms with Crippen LogP contribution in [0.2, 0.25) is 0 Å². The minimum absolute atomic E-state index is 0.183. The molecule has 0 bridgehead atoms. The number of hydrogen-bond donors (Lipinski definition) is 1. The molecule has 12 heavy (non-hydrogen) atoms. The lowest BCUT2D eigenvalue weighted by atomic mass is 10.3. The molecular formula is C9H11NOS. The minimum atomic E-state index is 0.183. The summed E-state index contributed by atoms with van der Waals surface area (Å²) in [5, 5.41) is 0. The van der Waals surface area contributed by atoms with Crippen LogP contribution in [0, 0.1) is 0 Å². The van der Waals surface area contributed by atoms with Gasteiger partial charge >= 0.3 is 0 Å². The van der Waals surface area contributed by atoms with E-state index < -0.39 is 0 Å². The fraction of sp³-hybridized carbons (Fsp3) is 0.222. The van der Waals surface area contributed by atoms with Crippen LogP contribution >= 0.6 is 11.8 Å². The Morgan fingerprint density at radius 2 is 2.33 bits per heavy atom. The smallest absolute Gasteiger partial charge is 0.140 e. The number of benzene rings is 1. The third kappa shape index (κ3) is 2.96. The van der Waals surface area contributed by atoms with Gasteiger partial charge in [-0.15, -0.1) is 11.8 Å². The van der Waals surface area contributed by atoms with Gasteiger partial charge in [0.1, 0.15) is 5.78 Å². The van der Waals surface area contributed by atoms with E-state index >= 15 is 0 Å². The Morgan fingerprint density at radius 3 is 2.92 bits per heavy atom. The molecule has 0 saturated carbocycles. The molecule has 0 saturated heterocycles. The summed E-state index contributed by atoms with van der Waals surface area (Å²) in [6.45, 7) is 1.58. The highest BCUT2D eigenvalue weighted by atomic mass is 32.2. The summed E-state index contributed by atoms with van der Waals surface area (Å²) in [5.74, 6) is 0.700. The van der Waals surface area contributed by atoms with Crippen molar-refractivity contribution in [2.75, 3.05) is 11.5 Å². The zero-order chi connectivity index (χ0) is 8.97. The molecule has 2 N–H and O–H groups in total. The maximum absolute atomic E-state index is 10.6. The Labute approximate surface area is 76.2 Å². The lowest BCUT2D eigenvalue weighted by molar-refractivity contribution is -0.114. The molecule has 1 rings (SSSR count). The Bertz CT molecular complexity index is 286. The predicted molar refractivity (Wildman–Crippen MR) is 52.3 cm³/mol. The minimum Gasteiger partial charge on any atom is -0.399 e. The summed E-state index contributed by atoms with van der Waals surface area (Å²) >= 11 is 1.51. The maximum Gasteiger partial charge on any atom is 0.140 e. The molecule has 0 radical (unpaired) electrons. The van der Waals surface area contributed by atoms with E-state index in [1.54, 1.807) is 6.92 Å². The molecule has 0 aliphatic carbocycles. The highest BCUT2D eigenvalue weighted by Crippen LogP contribution is 2.19. The molecule has 1 aromatic rings. The highest BCUT2D eigenvalue weighted by Gasteiger charge is 1.96. The lowest BCUT2D eigenvalue weighted by Gasteiger charge is -1.99. The fourth-order valence-electron chi connectivity index (χ4n) is 0.789. The average molecular weight is 181 g/mol. The largest absolute Gasteiger partial charge is 0.399 e. The van der Waals surface area contributed by atoms with E-state index in [9.17, 15) is 4.79 Å². The van der Waals surface area contributed by atoms with Gasteiger partial charge in [-0.05, 0) is 25.1 Å². The standard InChI is InChI=1S/C9H11NOS/c1-7(11)6-12-9-4-2-3-8(10)5-9/h2-5H,6,10H2,1H3. The van der Waals surface area contributed by atoms with Gasteiger partial charge < -0.3 is 5.73 Å². The van der Waals surface area contributed by atoms with E-state index in [0.717, 1.165) is 10.6 Å². The van der Waals surface area contributed by atoms with Crippen LogP contribution in [-0.4, -0.2) is 11.5 Å². The number of Topliss-reactive ketones (excluding diaryl/α,β-unsaturated/α-hetero) is 1. The number of ketones is 1. The predicted octanol–water partition coefficient (Wildman–Crippen LogP) is 1.95. The zero-order valence-electron chi connectivity index (χ0n) is 6.91. The van der Waals surface area contributed by atoms with Crippen molar-refractivity contribution in [2.45, 2.75) is 11.8 Å². The Morgan fingerprint density at radius 1 is 1.58 bits per heavy atom. The van der Waals surface area contributed by atoms with Gasteiger partial charge in [0.25, 0.3) is 0 Å². The topological polar surface area (TPSA) is 43.1 Å². The molecule has 2 nitrogen and oxygen atoms in total. The molecule has 0 heterocycles. The Hall–Kier alpha value is -0.960. The summed E-state index contributed by atoms with van der Waals surface area (Å²) in [6, 6.07) is 7.53. The first kappa shape index (κ1) is 9.13. The van der Waals surface area contributed by atoms with Gasteiger partial charge in [0.2, 0.25) is 0 Å². The van der Waals surface area contributed by atoms with Gasteiger partial charge in [-0.25, -0.2) is 0 Å². The summed E-state index contributed by atoms with van der Waals surface area (Å²) in [4.78, 5) is 11.7.